The average molecular weight is 244 g/mol. The number of rotatable bonds is 4. The average Bonchev–Trinajstić information content (AvgIpc) is 2.28. The van der Waals surface area contributed by atoms with Crippen molar-refractivity contribution in [1.29, 1.82) is 0 Å². The van der Waals surface area contributed by atoms with E-state index in [1.165, 1.54) is 0 Å². The number of hydrogen-bond acceptors (Lipinski definition) is 3. The largest absolute Gasteiger partial charge is 0.342 e. The Morgan fingerprint density at radius 1 is 1.44 bits per heavy atom. The Labute approximate surface area is 103 Å². The molecule has 0 spiro atoms. The van der Waals surface area contributed by atoms with Crippen LogP contribution >= 0.6 is 11.8 Å². The third-order valence-electron chi connectivity index (χ3n) is 3.54. The van der Waals surface area contributed by atoms with Crippen LogP contribution in [0.4, 0.5) is 0 Å². The summed E-state index contributed by atoms with van der Waals surface area (Å²) in [7, 11) is 1.93. The van der Waals surface area contributed by atoms with Crippen molar-refractivity contribution in [1.82, 2.24) is 4.90 Å². The lowest BCUT2D eigenvalue weighted by molar-refractivity contribution is -0.136. The van der Waals surface area contributed by atoms with Crippen LogP contribution in [0.1, 0.15) is 32.6 Å². The second-order valence-electron chi connectivity index (χ2n) is 4.87. The van der Waals surface area contributed by atoms with Gasteiger partial charge in [0.25, 0.3) is 0 Å². The quantitative estimate of drug-likeness (QED) is 0.819. The monoisotopic (exact) mass is 244 g/mol. The number of nitrogens with two attached hydrogens (primary N) is 1. The van der Waals surface area contributed by atoms with Crippen LogP contribution in [-0.2, 0) is 4.79 Å². The SMILES string of the molecule is CSCC(C)N(C)C(=O)C1CCC(N)CC1. The minimum Gasteiger partial charge on any atom is -0.342 e. The number of nitrogens with zero attached hydrogens (tertiary/aromatic N) is 1. The van der Waals surface area contributed by atoms with Gasteiger partial charge in [-0.3, -0.25) is 4.79 Å². The van der Waals surface area contributed by atoms with Crippen molar-refractivity contribution in [3.63, 3.8) is 0 Å². The summed E-state index contributed by atoms with van der Waals surface area (Å²) in [6, 6.07) is 0.649. The molecule has 0 heterocycles. The highest BCUT2D eigenvalue weighted by atomic mass is 32.2. The number of carbonyl (C=O) groups is 1. The van der Waals surface area contributed by atoms with Crippen LogP contribution in [0.25, 0.3) is 0 Å². The highest BCUT2D eigenvalue weighted by Gasteiger charge is 2.28. The lowest BCUT2D eigenvalue weighted by Gasteiger charge is -2.32. The van der Waals surface area contributed by atoms with Gasteiger partial charge in [0.15, 0.2) is 0 Å². The minimum atomic E-state index is 0.217. The highest BCUT2D eigenvalue weighted by Crippen LogP contribution is 2.25. The first-order chi connectivity index (χ1) is 7.56. The van der Waals surface area contributed by atoms with Crippen molar-refractivity contribution >= 4 is 17.7 Å². The maximum absolute atomic E-state index is 12.2. The van der Waals surface area contributed by atoms with E-state index < -0.39 is 0 Å². The van der Waals surface area contributed by atoms with E-state index in [2.05, 4.69) is 13.2 Å². The molecule has 4 heteroatoms. The molecule has 1 unspecified atom stereocenters. The molecule has 0 aromatic heterocycles. The summed E-state index contributed by atoms with van der Waals surface area (Å²) in [6.07, 6.45) is 6.02. The smallest absolute Gasteiger partial charge is 0.225 e. The van der Waals surface area contributed by atoms with Crippen LogP contribution in [0, 0.1) is 5.92 Å². The van der Waals surface area contributed by atoms with Gasteiger partial charge in [-0.15, -0.1) is 0 Å². The number of carbonyl (C=O) groups excluding carboxylic acids is 1. The molecule has 2 N–H and O–H groups in total. The van der Waals surface area contributed by atoms with E-state index in [-0.39, 0.29) is 5.92 Å². The van der Waals surface area contributed by atoms with E-state index in [1.54, 1.807) is 11.8 Å². The van der Waals surface area contributed by atoms with Crippen LogP contribution in [0.15, 0.2) is 0 Å². The first kappa shape index (κ1) is 13.8. The molecule has 1 amide bonds. The molecule has 94 valence electrons. The molecule has 1 aliphatic rings. The molecule has 1 aliphatic carbocycles. The molecule has 16 heavy (non-hydrogen) atoms. The Bertz CT molecular complexity index is 223. The first-order valence-corrected chi connectivity index (χ1v) is 7.46. The topological polar surface area (TPSA) is 46.3 Å². The maximum Gasteiger partial charge on any atom is 0.225 e. The summed E-state index contributed by atoms with van der Waals surface area (Å²) in [6.45, 7) is 2.11. The second kappa shape index (κ2) is 6.50. The van der Waals surface area contributed by atoms with E-state index in [4.69, 9.17) is 5.73 Å². The normalized spacial score (nSPS) is 27.5. The van der Waals surface area contributed by atoms with Crippen LogP contribution in [0.5, 0.6) is 0 Å². The Morgan fingerprint density at radius 3 is 2.50 bits per heavy atom. The highest BCUT2D eigenvalue weighted by molar-refractivity contribution is 7.98. The molecular weight excluding hydrogens is 220 g/mol. The molecular formula is C12H24N2OS. The van der Waals surface area contributed by atoms with Gasteiger partial charge >= 0.3 is 0 Å². The fourth-order valence-electron chi connectivity index (χ4n) is 2.22. The third kappa shape index (κ3) is 3.67. The van der Waals surface area contributed by atoms with Gasteiger partial charge in [-0.05, 0) is 38.9 Å². The molecule has 0 saturated heterocycles. The van der Waals surface area contributed by atoms with E-state index in [1.807, 2.05) is 11.9 Å². The van der Waals surface area contributed by atoms with Gasteiger partial charge in [-0.25, -0.2) is 0 Å². The zero-order chi connectivity index (χ0) is 12.1. The molecule has 0 bridgehead atoms. The van der Waals surface area contributed by atoms with E-state index >= 15 is 0 Å². The van der Waals surface area contributed by atoms with Gasteiger partial charge in [0.2, 0.25) is 5.91 Å². The molecule has 3 nitrogen and oxygen atoms in total. The Balaban J connectivity index is 2.44. The van der Waals surface area contributed by atoms with Gasteiger partial charge < -0.3 is 10.6 Å². The van der Waals surface area contributed by atoms with Gasteiger partial charge in [0, 0.05) is 30.8 Å². The van der Waals surface area contributed by atoms with Crippen molar-refractivity contribution in [3.05, 3.63) is 0 Å². The second-order valence-corrected chi connectivity index (χ2v) is 5.78. The summed E-state index contributed by atoms with van der Waals surface area (Å²) in [5.41, 5.74) is 5.85. The van der Waals surface area contributed by atoms with Gasteiger partial charge in [-0.1, -0.05) is 0 Å². The fraction of sp³-hybridized carbons (Fsp3) is 0.917. The fourth-order valence-corrected chi connectivity index (χ4v) is 2.93. The van der Waals surface area contributed by atoms with Crippen molar-refractivity contribution in [2.45, 2.75) is 44.7 Å². The summed E-state index contributed by atoms with van der Waals surface area (Å²) in [4.78, 5) is 14.1. The number of amides is 1. The first-order valence-electron chi connectivity index (χ1n) is 6.07. The molecule has 0 radical (unpaired) electrons. The minimum absolute atomic E-state index is 0.217. The zero-order valence-electron chi connectivity index (χ0n) is 10.6. The summed E-state index contributed by atoms with van der Waals surface area (Å²) in [5, 5.41) is 0. The predicted octanol–water partition coefficient (Wildman–Crippen LogP) is 1.71. The summed E-state index contributed by atoms with van der Waals surface area (Å²) < 4.78 is 0. The van der Waals surface area contributed by atoms with Gasteiger partial charge in [0.1, 0.15) is 0 Å². The van der Waals surface area contributed by atoms with E-state index in [0.717, 1.165) is 31.4 Å². The van der Waals surface area contributed by atoms with Crippen LogP contribution in [0.3, 0.4) is 0 Å². The van der Waals surface area contributed by atoms with Crippen LogP contribution < -0.4 is 5.73 Å². The van der Waals surface area contributed by atoms with Gasteiger partial charge in [-0.2, -0.15) is 11.8 Å². The third-order valence-corrected chi connectivity index (χ3v) is 4.35. The maximum atomic E-state index is 12.2. The Hall–Kier alpha value is -0.220. The van der Waals surface area contributed by atoms with Crippen LogP contribution in [-0.4, -0.2) is 41.9 Å². The van der Waals surface area contributed by atoms with Crippen molar-refractivity contribution in [3.8, 4) is 0 Å². The Morgan fingerprint density at radius 2 is 2.00 bits per heavy atom. The lowest BCUT2D eigenvalue weighted by atomic mass is 9.85. The van der Waals surface area contributed by atoms with Crippen molar-refractivity contribution in [2.24, 2.45) is 11.7 Å². The number of hydrogen-bond donors (Lipinski definition) is 1. The predicted molar refractivity (Wildman–Crippen MR) is 70.5 cm³/mol. The van der Waals surface area contributed by atoms with Gasteiger partial charge in [0.05, 0.1) is 0 Å². The summed E-state index contributed by atoms with van der Waals surface area (Å²) in [5.74, 6) is 1.54. The molecule has 0 aliphatic heterocycles. The molecule has 0 aromatic carbocycles. The molecule has 1 atom stereocenters. The molecule has 1 fully saturated rings. The molecule has 1 rings (SSSR count). The summed E-state index contributed by atoms with van der Waals surface area (Å²) >= 11 is 1.79. The van der Waals surface area contributed by atoms with Crippen molar-refractivity contribution < 1.29 is 4.79 Å². The molecule has 1 saturated carbocycles. The number of thioether (sulfide) groups is 1. The van der Waals surface area contributed by atoms with E-state index in [9.17, 15) is 4.79 Å². The molecule has 0 aromatic rings. The van der Waals surface area contributed by atoms with Crippen LogP contribution in [0.2, 0.25) is 0 Å². The standard InChI is InChI=1S/C12H24N2OS/c1-9(8-16-3)14(2)12(15)10-4-6-11(13)7-5-10/h9-11H,4-8,13H2,1-3H3. The van der Waals surface area contributed by atoms with E-state index in [0.29, 0.717) is 18.0 Å². The zero-order valence-corrected chi connectivity index (χ0v) is 11.4. The lowest BCUT2D eigenvalue weighted by Crippen LogP contribution is -2.42. The van der Waals surface area contributed by atoms with Crippen molar-refractivity contribution in [2.75, 3.05) is 19.1 Å². The Kier molecular flexibility index (Phi) is 5.62.